The molecule has 150 valence electrons. The highest BCUT2D eigenvalue weighted by atomic mass is 35.5. The van der Waals surface area contributed by atoms with Gasteiger partial charge in [0, 0.05) is 0 Å². The first kappa shape index (κ1) is 21.9. The van der Waals surface area contributed by atoms with E-state index in [0.29, 0.717) is 32.7 Å². The second-order valence-electron chi connectivity index (χ2n) is 6.97. The van der Waals surface area contributed by atoms with Gasteiger partial charge in [0.05, 0.1) is 35.0 Å². The van der Waals surface area contributed by atoms with Crippen molar-refractivity contribution in [1.29, 1.82) is 0 Å². The molecule has 2 rings (SSSR count). The van der Waals surface area contributed by atoms with Crippen molar-refractivity contribution in [2.45, 2.75) is 32.8 Å². The summed E-state index contributed by atoms with van der Waals surface area (Å²) in [5.41, 5.74) is 0.881. The van der Waals surface area contributed by atoms with Gasteiger partial charge < -0.3 is 20.1 Å². The van der Waals surface area contributed by atoms with Crippen LogP contribution < -0.4 is 15.4 Å². The summed E-state index contributed by atoms with van der Waals surface area (Å²) >= 11 is 12.1. The number of anilines is 2. The minimum Gasteiger partial charge on any atom is -0.495 e. The van der Waals surface area contributed by atoms with Crippen molar-refractivity contribution < 1.29 is 19.1 Å². The summed E-state index contributed by atoms with van der Waals surface area (Å²) < 4.78 is 10.6. The van der Waals surface area contributed by atoms with Crippen LogP contribution in [0.2, 0.25) is 10.0 Å². The van der Waals surface area contributed by atoms with E-state index in [1.165, 1.54) is 7.11 Å². The Balaban J connectivity index is 2.09. The molecule has 2 N–H and O–H groups in total. The molecule has 0 aromatic heterocycles. The number of hydrogen-bond acceptors (Lipinski definition) is 4. The molecule has 0 bridgehead atoms. The van der Waals surface area contributed by atoms with Crippen molar-refractivity contribution in [3.05, 3.63) is 52.0 Å². The summed E-state index contributed by atoms with van der Waals surface area (Å²) in [6.45, 7) is 5.42. The molecule has 0 aliphatic rings. The van der Waals surface area contributed by atoms with Gasteiger partial charge in [-0.2, -0.15) is 0 Å². The van der Waals surface area contributed by atoms with E-state index in [4.69, 9.17) is 32.7 Å². The second-order valence-corrected chi connectivity index (χ2v) is 7.79. The molecular weight excluding hydrogens is 403 g/mol. The third-order valence-corrected chi connectivity index (χ3v) is 4.11. The summed E-state index contributed by atoms with van der Waals surface area (Å²) in [4.78, 5) is 24.3. The van der Waals surface area contributed by atoms with Gasteiger partial charge in [-0.05, 0) is 50.6 Å². The molecule has 2 aromatic rings. The zero-order valence-electron chi connectivity index (χ0n) is 16.1. The number of urea groups is 1. The fourth-order valence-electron chi connectivity index (χ4n) is 2.38. The maximum Gasteiger partial charge on any atom is 0.323 e. The van der Waals surface area contributed by atoms with Crippen LogP contribution in [-0.4, -0.2) is 24.7 Å². The number of amides is 2. The summed E-state index contributed by atoms with van der Waals surface area (Å²) in [5.74, 6) is 0.0582. The van der Waals surface area contributed by atoms with Crippen molar-refractivity contribution in [3.63, 3.8) is 0 Å². The standard InChI is InChI=1S/C20H22Cl2N2O4/c1-20(2,3)28-17(25)11-12-8-9-15(16(10-12)27-4)23-19(26)24-18-13(21)6-5-7-14(18)22/h5-10H,11H2,1-4H3,(H2,23,24,26). The van der Waals surface area contributed by atoms with Gasteiger partial charge in [0.15, 0.2) is 0 Å². The zero-order valence-corrected chi connectivity index (χ0v) is 17.6. The maximum atomic E-state index is 12.3. The Hall–Kier alpha value is -2.44. The lowest BCUT2D eigenvalue weighted by Crippen LogP contribution is -2.25. The highest BCUT2D eigenvalue weighted by Crippen LogP contribution is 2.31. The fraction of sp³-hybridized carbons (Fsp3) is 0.300. The minimum absolute atomic E-state index is 0.0926. The smallest absolute Gasteiger partial charge is 0.323 e. The monoisotopic (exact) mass is 424 g/mol. The molecule has 8 heteroatoms. The van der Waals surface area contributed by atoms with Crippen molar-refractivity contribution in [2.24, 2.45) is 0 Å². The number of carbonyl (C=O) groups excluding carboxylic acids is 2. The number of ether oxygens (including phenoxy) is 2. The molecule has 0 saturated heterocycles. The van der Waals surface area contributed by atoms with Crippen LogP contribution in [0.4, 0.5) is 16.2 Å². The first-order valence-corrected chi connectivity index (χ1v) is 9.25. The first-order chi connectivity index (χ1) is 13.1. The summed E-state index contributed by atoms with van der Waals surface area (Å²) in [7, 11) is 1.47. The molecular formula is C20H22Cl2N2O4. The average Bonchev–Trinajstić information content (AvgIpc) is 2.58. The van der Waals surface area contributed by atoms with E-state index in [-0.39, 0.29) is 12.4 Å². The summed E-state index contributed by atoms with van der Waals surface area (Å²) in [5, 5.41) is 5.93. The third-order valence-electron chi connectivity index (χ3n) is 3.48. The number of hydrogen-bond donors (Lipinski definition) is 2. The first-order valence-electron chi connectivity index (χ1n) is 8.50. The Labute approximate surface area is 174 Å². The highest BCUT2D eigenvalue weighted by molar-refractivity contribution is 6.39. The average molecular weight is 425 g/mol. The normalized spacial score (nSPS) is 10.9. The lowest BCUT2D eigenvalue weighted by Gasteiger charge is -2.19. The molecule has 2 aromatic carbocycles. The fourth-order valence-corrected chi connectivity index (χ4v) is 2.87. The Morgan fingerprint density at radius 2 is 1.68 bits per heavy atom. The number of carbonyl (C=O) groups is 2. The van der Waals surface area contributed by atoms with Crippen LogP contribution in [-0.2, 0) is 16.0 Å². The molecule has 0 aliphatic heterocycles. The van der Waals surface area contributed by atoms with Gasteiger partial charge in [-0.1, -0.05) is 35.3 Å². The Morgan fingerprint density at radius 3 is 2.25 bits per heavy atom. The quantitative estimate of drug-likeness (QED) is 0.618. The van der Waals surface area contributed by atoms with E-state index < -0.39 is 11.6 Å². The Kier molecular flexibility index (Phi) is 7.16. The molecule has 0 fully saturated rings. The largest absolute Gasteiger partial charge is 0.495 e. The van der Waals surface area contributed by atoms with Crippen LogP contribution in [0.5, 0.6) is 5.75 Å². The minimum atomic E-state index is -0.555. The van der Waals surface area contributed by atoms with Crippen molar-refractivity contribution >= 4 is 46.6 Å². The van der Waals surface area contributed by atoms with Crippen molar-refractivity contribution in [1.82, 2.24) is 0 Å². The van der Waals surface area contributed by atoms with E-state index in [9.17, 15) is 9.59 Å². The topological polar surface area (TPSA) is 76.7 Å². The molecule has 0 atom stereocenters. The lowest BCUT2D eigenvalue weighted by atomic mass is 10.1. The van der Waals surface area contributed by atoms with Gasteiger partial charge in [0.25, 0.3) is 0 Å². The molecule has 0 saturated carbocycles. The van der Waals surface area contributed by atoms with Crippen LogP contribution in [0.3, 0.4) is 0 Å². The van der Waals surface area contributed by atoms with Gasteiger partial charge in [-0.3, -0.25) is 4.79 Å². The van der Waals surface area contributed by atoms with Gasteiger partial charge in [0.2, 0.25) is 0 Å². The lowest BCUT2D eigenvalue weighted by molar-refractivity contribution is -0.153. The molecule has 0 heterocycles. The number of nitrogens with one attached hydrogen (secondary N) is 2. The maximum absolute atomic E-state index is 12.3. The van der Waals surface area contributed by atoms with E-state index in [0.717, 1.165) is 0 Å². The number of esters is 1. The summed E-state index contributed by atoms with van der Waals surface area (Å²) in [6, 6.07) is 9.41. The molecule has 0 radical (unpaired) electrons. The predicted octanol–water partition coefficient (Wildman–Crippen LogP) is 5.53. The second kappa shape index (κ2) is 9.17. The van der Waals surface area contributed by atoms with Crippen LogP contribution in [0, 0.1) is 0 Å². The Morgan fingerprint density at radius 1 is 1.04 bits per heavy atom. The number of halogens is 2. The molecule has 2 amide bonds. The molecule has 0 unspecified atom stereocenters. The van der Waals surface area contributed by atoms with Crippen molar-refractivity contribution in [3.8, 4) is 5.75 Å². The van der Waals surface area contributed by atoms with E-state index in [1.807, 2.05) is 20.8 Å². The van der Waals surface area contributed by atoms with E-state index in [1.54, 1.807) is 36.4 Å². The molecule has 28 heavy (non-hydrogen) atoms. The predicted molar refractivity (Wildman–Crippen MR) is 112 cm³/mol. The molecule has 0 aliphatic carbocycles. The van der Waals surface area contributed by atoms with Gasteiger partial charge in [-0.25, -0.2) is 4.79 Å². The number of rotatable bonds is 5. The van der Waals surface area contributed by atoms with Crippen molar-refractivity contribution in [2.75, 3.05) is 17.7 Å². The highest BCUT2D eigenvalue weighted by Gasteiger charge is 2.18. The zero-order chi connectivity index (χ0) is 20.9. The van der Waals surface area contributed by atoms with Gasteiger partial charge in [0.1, 0.15) is 11.4 Å². The van der Waals surface area contributed by atoms with Crippen LogP contribution in [0.25, 0.3) is 0 Å². The summed E-state index contributed by atoms with van der Waals surface area (Å²) in [6.07, 6.45) is 0.0926. The third kappa shape index (κ3) is 6.32. The van der Waals surface area contributed by atoms with Crippen LogP contribution in [0.15, 0.2) is 36.4 Å². The molecule has 0 spiro atoms. The number of para-hydroxylation sites is 1. The van der Waals surface area contributed by atoms with Gasteiger partial charge in [-0.15, -0.1) is 0 Å². The number of benzene rings is 2. The van der Waals surface area contributed by atoms with Gasteiger partial charge >= 0.3 is 12.0 Å². The van der Waals surface area contributed by atoms with Crippen LogP contribution >= 0.6 is 23.2 Å². The number of methoxy groups -OCH3 is 1. The van der Waals surface area contributed by atoms with E-state index in [2.05, 4.69) is 10.6 Å². The molecule has 6 nitrogen and oxygen atoms in total. The van der Waals surface area contributed by atoms with E-state index >= 15 is 0 Å². The Bertz CT molecular complexity index is 859. The van der Waals surface area contributed by atoms with Crippen LogP contribution in [0.1, 0.15) is 26.3 Å². The SMILES string of the molecule is COc1cc(CC(=O)OC(C)(C)C)ccc1NC(=O)Nc1c(Cl)cccc1Cl.